The van der Waals surface area contributed by atoms with Crippen LogP contribution < -0.4 is 4.90 Å². The summed E-state index contributed by atoms with van der Waals surface area (Å²) >= 11 is 4.17. The van der Waals surface area contributed by atoms with Crippen molar-refractivity contribution in [1.29, 1.82) is 0 Å². The van der Waals surface area contributed by atoms with Crippen LogP contribution in [0.4, 0.5) is 5.82 Å². The Morgan fingerprint density at radius 1 is 1.59 bits per heavy atom. The molecule has 1 saturated heterocycles. The third-order valence-corrected chi connectivity index (χ3v) is 3.21. The molecule has 1 aliphatic heterocycles. The molecule has 1 amide bonds. The van der Waals surface area contributed by atoms with Gasteiger partial charge < -0.3 is 5.11 Å². The average molecular weight is 252 g/mol. The van der Waals surface area contributed by atoms with Crippen LogP contribution in [0.5, 0.6) is 0 Å². The number of amides is 1. The predicted octanol–water partition coefficient (Wildman–Crippen LogP) is 1.06. The van der Waals surface area contributed by atoms with Crippen LogP contribution in [0.15, 0.2) is 18.2 Å². The number of anilines is 1. The van der Waals surface area contributed by atoms with Gasteiger partial charge in [-0.2, -0.15) is 12.6 Å². The molecule has 0 bridgehead atoms. The van der Waals surface area contributed by atoms with Crippen molar-refractivity contribution in [2.75, 3.05) is 17.2 Å². The summed E-state index contributed by atoms with van der Waals surface area (Å²) in [6.07, 6.45) is 0.447. The molecule has 1 aromatic heterocycles. The zero-order valence-electron chi connectivity index (χ0n) is 9.04. The normalized spacial score (nSPS) is 19.7. The maximum Gasteiger partial charge on any atom is 0.354 e. The van der Waals surface area contributed by atoms with Crippen molar-refractivity contribution >= 4 is 30.3 Å². The molecule has 2 heterocycles. The van der Waals surface area contributed by atoms with Gasteiger partial charge in [0.15, 0.2) is 5.69 Å². The molecule has 1 fully saturated rings. The Labute approximate surface area is 104 Å². The smallest absolute Gasteiger partial charge is 0.354 e. The van der Waals surface area contributed by atoms with Crippen LogP contribution in [0.1, 0.15) is 16.9 Å². The van der Waals surface area contributed by atoms with E-state index in [1.165, 1.54) is 11.0 Å². The van der Waals surface area contributed by atoms with Gasteiger partial charge in [0.2, 0.25) is 5.91 Å². The van der Waals surface area contributed by atoms with Gasteiger partial charge in [0.1, 0.15) is 5.82 Å². The van der Waals surface area contributed by atoms with Crippen LogP contribution >= 0.6 is 12.6 Å². The van der Waals surface area contributed by atoms with Gasteiger partial charge in [-0.25, -0.2) is 9.78 Å². The van der Waals surface area contributed by atoms with Gasteiger partial charge in [0, 0.05) is 13.0 Å². The number of carbonyl (C=O) groups excluding carboxylic acids is 1. The fraction of sp³-hybridized carbons (Fsp3) is 0.364. The van der Waals surface area contributed by atoms with E-state index in [-0.39, 0.29) is 17.5 Å². The lowest BCUT2D eigenvalue weighted by Gasteiger charge is -2.15. The second-order valence-electron chi connectivity index (χ2n) is 3.94. The van der Waals surface area contributed by atoms with Crippen molar-refractivity contribution < 1.29 is 14.7 Å². The molecule has 5 nitrogen and oxygen atoms in total. The fourth-order valence-electron chi connectivity index (χ4n) is 1.82. The molecule has 6 heteroatoms. The maximum absolute atomic E-state index is 11.7. The zero-order valence-corrected chi connectivity index (χ0v) is 9.93. The standard InChI is InChI=1S/C11H12N2O3S/c14-10-4-7(6-17)5-13(10)9-3-1-2-8(12-9)11(15)16/h1-3,7,17H,4-6H2,(H,15,16). The second kappa shape index (κ2) is 4.75. The van der Waals surface area contributed by atoms with E-state index in [9.17, 15) is 9.59 Å². The molecular formula is C11H12N2O3S. The molecule has 0 aliphatic carbocycles. The van der Waals surface area contributed by atoms with Gasteiger partial charge in [0.25, 0.3) is 0 Å². The van der Waals surface area contributed by atoms with E-state index in [1.54, 1.807) is 12.1 Å². The Bertz CT molecular complexity index is 464. The lowest BCUT2D eigenvalue weighted by atomic mass is 10.1. The van der Waals surface area contributed by atoms with Gasteiger partial charge in [-0.3, -0.25) is 9.69 Å². The molecule has 1 aromatic rings. The SMILES string of the molecule is O=C(O)c1cccc(N2CC(CS)CC2=O)n1. The first-order valence-electron chi connectivity index (χ1n) is 5.23. The molecule has 2 rings (SSSR count). The summed E-state index contributed by atoms with van der Waals surface area (Å²) in [5.74, 6) is 0.129. The summed E-state index contributed by atoms with van der Waals surface area (Å²) in [7, 11) is 0. The first-order valence-corrected chi connectivity index (χ1v) is 5.86. The summed E-state index contributed by atoms with van der Waals surface area (Å²) in [6.45, 7) is 0.554. The highest BCUT2D eigenvalue weighted by molar-refractivity contribution is 7.80. The number of carboxylic acid groups (broad SMARTS) is 1. The highest BCUT2D eigenvalue weighted by Gasteiger charge is 2.30. The minimum absolute atomic E-state index is 0.0286. The summed E-state index contributed by atoms with van der Waals surface area (Å²) in [4.78, 5) is 28.0. The third-order valence-electron chi connectivity index (χ3n) is 2.69. The minimum Gasteiger partial charge on any atom is -0.477 e. The van der Waals surface area contributed by atoms with Crippen molar-refractivity contribution in [2.45, 2.75) is 6.42 Å². The number of aromatic nitrogens is 1. The highest BCUT2D eigenvalue weighted by Crippen LogP contribution is 2.24. The van der Waals surface area contributed by atoms with Crippen LogP contribution in [-0.2, 0) is 4.79 Å². The first-order chi connectivity index (χ1) is 8.11. The molecule has 1 N–H and O–H groups in total. The Kier molecular flexibility index (Phi) is 3.33. The number of thiol groups is 1. The van der Waals surface area contributed by atoms with Gasteiger partial charge in [-0.05, 0) is 23.8 Å². The first kappa shape index (κ1) is 11.9. The van der Waals surface area contributed by atoms with E-state index >= 15 is 0 Å². The molecule has 1 unspecified atom stereocenters. The Morgan fingerprint density at radius 2 is 2.35 bits per heavy atom. The Balaban J connectivity index is 2.25. The topological polar surface area (TPSA) is 70.5 Å². The van der Waals surface area contributed by atoms with E-state index < -0.39 is 5.97 Å². The molecular weight excluding hydrogens is 240 g/mol. The van der Waals surface area contributed by atoms with Gasteiger partial charge in [-0.1, -0.05) is 6.07 Å². The van der Waals surface area contributed by atoms with Crippen LogP contribution in [-0.4, -0.2) is 34.3 Å². The predicted molar refractivity (Wildman–Crippen MR) is 65.5 cm³/mol. The number of nitrogens with zero attached hydrogens (tertiary/aromatic N) is 2. The number of rotatable bonds is 3. The van der Waals surface area contributed by atoms with Crippen molar-refractivity contribution in [2.24, 2.45) is 5.92 Å². The number of carbonyl (C=O) groups is 2. The second-order valence-corrected chi connectivity index (χ2v) is 4.31. The average Bonchev–Trinajstić information content (AvgIpc) is 2.71. The van der Waals surface area contributed by atoms with E-state index in [0.29, 0.717) is 24.5 Å². The van der Waals surface area contributed by atoms with Crippen molar-refractivity contribution in [3.8, 4) is 0 Å². The summed E-state index contributed by atoms with van der Waals surface area (Å²) in [5.41, 5.74) is -0.0513. The lowest BCUT2D eigenvalue weighted by molar-refractivity contribution is -0.117. The minimum atomic E-state index is -1.09. The number of hydrogen-bond donors (Lipinski definition) is 2. The number of pyridine rings is 1. The van der Waals surface area contributed by atoms with Gasteiger partial charge in [-0.15, -0.1) is 0 Å². The van der Waals surface area contributed by atoms with Crippen molar-refractivity contribution in [1.82, 2.24) is 4.98 Å². The van der Waals surface area contributed by atoms with Crippen LogP contribution in [0, 0.1) is 5.92 Å². The quantitative estimate of drug-likeness (QED) is 0.789. The van der Waals surface area contributed by atoms with Gasteiger partial charge in [0.05, 0.1) is 0 Å². The highest BCUT2D eigenvalue weighted by atomic mass is 32.1. The largest absolute Gasteiger partial charge is 0.477 e. The fourth-order valence-corrected chi connectivity index (χ4v) is 2.06. The number of aromatic carboxylic acids is 1. The monoisotopic (exact) mass is 252 g/mol. The van der Waals surface area contributed by atoms with Crippen LogP contribution in [0.25, 0.3) is 0 Å². The molecule has 17 heavy (non-hydrogen) atoms. The Morgan fingerprint density at radius 3 is 2.94 bits per heavy atom. The van der Waals surface area contributed by atoms with Crippen molar-refractivity contribution in [3.05, 3.63) is 23.9 Å². The third kappa shape index (κ3) is 2.41. The molecule has 0 radical (unpaired) electrons. The molecule has 0 aromatic carbocycles. The zero-order chi connectivity index (χ0) is 12.4. The lowest BCUT2D eigenvalue weighted by Crippen LogP contribution is -2.26. The maximum atomic E-state index is 11.7. The molecule has 1 aliphatic rings. The molecule has 90 valence electrons. The Hall–Kier alpha value is -1.56. The van der Waals surface area contributed by atoms with E-state index in [1.807, 2.05) is 0 Å². The van der Waals surface area contributed by atoms with Gasteiger partial charge >= 0.3 is 5.97 Å². The van der Waals surface area contributed by atoms with Crippen molar-refractivity contribution in [3.63, 3.8) is 0 Å². The summed E-state index contributed by atoms with van der Waals surface area (Å²) in [6, 6.07) is 4.64. The van der Waals surface area contributed by atoms with Crippen LogP contribution in [0.2, 0.25) is 0 Å². The molecule has 0 spiro atoms. The number of carboxylic acids is 1. The van der Waals surface area contributed by atoms with E-state index in [2.05, 4.69) is 17.6 Å². The summed E-state index contributed by atoms with van der Waals surface area (Å²) in [5, 5.41) is 8.84. The molecule has 0 saturated carbocycles. The van der Waals surface area contributed by atoms with Crippen LogP contribution in [0.3, 0.4) is 0 Å². The molecule has 1 atom stereocenters. The van der Waals surface area contributed by atoms with E-state index in [4.69, 9.17) is 5.11 Å². The number of hydrogen-bond acceptors (Lipinski definition) is 4. The summed E-state index contributed by atoms with van der Waals surface area (Å²) < 4.78 is 0. The van der Waals surface area contributed by atoms with E-state index in [0.717, 1.165) is 0 Å².